The predicted molar refractivity (Wildman–Crippen MR) is 38.0 cm³/mol. The summed E-state index contributed by atoms with van der Waals surface area (Å²) in [5.41, 5.74) is 0.293. The highest BCUT2D eigenvalue weighted by molar-refractivity contribution is 5.86. The first kappa shape index (κ1) is 7.65. The van der Waals surface area contributed by atoms with Crippen molar-refractivity contribution in [3.63, 3.8) is 0 Å². The minimum absolute atomic E-state index is 0.293. The van der Waals surface area contributed by atoms with Gasteiger partial charge in [-0.15, -0.1) is 0 Å². The van der Waals surface area contributed by atoms with Gasteiger partial charge < -0.3 is 4.74 Å². The van der Waals surface area contributed by atoms with Crippen LogP contribution in [0.4, 0.5) is 0 Å². The molecule has 0 radical (unpaired) electrons. The van der Waals surface area contributed by atoms with Crippen molar-refractivity contribution >= 4 is 5.97 Å². The number of nitrogens with zero attached hydrogens (tertiary/aromatic N) is 2. The van der Waals surface area contributed by atoms with Gasteiger partial charge in [0, 0.05) is 6.20 Å². The van der Waals surface area contributed by atoms with Crippen LogP contribution in [0, 0.1) is 0 Å². The molecule has 58 valence electrons. The van der Waals surface area contributed by atoms with E-state index in [1.807, 2.05) is 0 Å². The Hall–Kier alpha value is -1.45. The average Bonchev–Trinajstić information content (AvgIpc) is 2.07. The molecule has 1 aromatic rings. The summed E-state index contributed by atoms with van der Waals surface area (Å²) < 4.78 is 4.70. The lowest BCUT2D eigenvalue weighted by Crippen LogP contribution is -2.06. The van der Waals surface area contributed by atoms with Gasteiger partial charge in [0.05, 0.1) is 6.61 Å². The minimum atomic E-state index is -0.407. The molecule has 1 rings (SSSR count). The van der Waals surface area contributed by atoms with Gasteiger partial charge in [0.2, 0.25) is 0 Å². The molecule has 0 aliphatic rings. The molecule has 0 aliphatic carbocycles. The Labute approximate surface area is 64.2 Å². The largest absolute Gasteiger partial charge is 0.461 e. The van der Waals surface area contributed by atoms with Gasteiger partial charge in [0.25, 0.3) is 0 Å². The van der Waals surface area contributed by atoms with E-state index in [1.165, 1.54) is 18.6 Å². The minimum Gasteiger partial charge on any atom is -0.461 e. The van der Waals surface area contributed by atoms with E-state index in [0.29, 0.717) is 12.3 Å². The summed E-state index contributed by atoms with van der Waals surface area (Å²) in [6.07, 6.45) is 2.81. The summed E-state index contributed by atoms with van der Waals surface area (Å²) in [4.78, 5) is 18.3. The lowest BCUT2D eigenvalue weighted by Gasteiger charge is -1.97. The molecule has 4 nitrogen and oxygen atoms in total. The molecule has 0 aliphatic heterocycles. The zero-order valence-electron chi connectivity index (χ0n) is 6.15. The van der Waals surface area contributed by atoms with E-state index in [1.54, 1.807) is 6.92 Å². The molecule has 11 heavy (non-hydrogen) atoms. The number of hydrogen-bond donors (Lipinski definition) is 0. The van der Waals surface area contributed by atoms with Crippen molar-refractivity contribution < 1.29 is 9.53 Å². The number of esters is 1. The summed E-state index contributed by atoms with van der Waals surface area (Å²) in [6, 6.07) is 1.51. The van der Waals surface area contributed by atoms with E-state index in [2.05, 4.69) is 9.97 Å². The maximum absolute atomic E-state index is 10.9. The van der Waals surface area contributed by atoms with E-state index in [0.717, 1.165) is 0 Å². The fourth-order valence-electron chi connectivity index (χ4n) is 0.616. The molecular formula is C7H8N2O2. The van der Waals surface area contributed by atoms with Crippen LogP contribution < -0.4 is 0 Å². The van der Waals surface area contributed by atoms with Gasteiger partial charge in [-0.25, -0.2) is 14.8 Å². The predicted octanol–water partition coefficient (Wildman–Crippen LogP) is 0.653. The second-order valence-electron chi connectivity index (χ2n) is 1.82. The van der Waals surface area contributed by atoms with Crippen molar-refractivity contribution in [3.8, 4) is 0 Å². The SMILES string of the molecule is CCOC(=O)c1ccncn1. The number of carbonyl (C=O) groups is 1. The van der Waals surface area contributed by atoms with Crippen molar-refractivity contribution in [2.24, 2.45) is 0 Å². The molecule has 0 amide bonds. The lowest BCUT2D eigenvalue weighted by molar-refractivity contribution is 0.0519. The number of ether oxygens (including phenoxy) is 1. The summed E-state index contributed by atoms with van der Waals surface area (Å²) in [5, 5.41) is 0. The molecular weight excluding hydrogens is 144 g/mol. The van der Waals surface area contributed by atoms with Crippen LogP contribution >= 0.6 is 0 Å². The maximum Gasteiger partial charge on any atom is 0.357 e. The lowest BCUT2D eigenvalue weighted by atomic mass is 10.4. The van der Waals surface area contributed by atoms with Gasteiger partial charge in [0.1, 0.15) is 6.33 Å². The average molecular weight is 152 g/mol. The van der Waals surface area contributed by atoms with E-state index >= 15 is 0 Å². The molecule has 0 bridgehead atoms. The van der Waals surface area contributed by atoms with Crippen LogP contribution in [0.2, 0.25) is 0 Å². The van der Waals surface area contributed by atoms with Gasteiger partial charge in [-0.05, 0) is 13.0 Å². The summed E-state index contributed by atoms with van der Waals surface area (Å²) in [6.45, 7) is 2.11. The van der Waals surface area contributed by atoms with Gasteiger partial charge in [0.15, 0.2) is 5.69 Å². The summed E-state index contributed by atoms with van der Waals surface area (Å²) in [5.74, 6) is -0.407. The molecule has 0 unspecified atom stereocenters. The highest BCUT2D eigenvalue weighted by Gasteiger charge is 2.05. The number of aromatic nitrogens is 2. The zero-order valence-corrected chi connectivity index (χ0v) is 6.15. The van der Waals surface area contributed by atoms with E-state index in [4.69, 9.17) is 4.74 Å². The Bertz CT molecular complexity index is 235. The first-order valence-corrected chi connectivity index (χ1v) is 3.27. The number of carbonyl (C=O) groups excluding carboxylic acids is 1. The molecule has 0 spiro atoms. The topological polar surface area (TPSA) is 52.1 Å². The fourth-order valence-corrected chi connectivity index (χ4v) is 0.616. The highest BCUT2D eigenvalue weighted by atomic mass is 16.5. The molecule has 0 saturated carbocycles. The van der Waals surface area contributed by atoms with Crippen molar-refractivity contribution in [2.75, 3.05) is 6.61 Å². The van der Waals surface area contributed by atoms with Crippen LogP contribution in [-0.4, -0.2) is 22.5 Å². The number of hydrogen-bond acceptors (Lipinski definition) is 4. The van der Waals surface area contributed by atoms with Gasteiger partial charge in [-0.1, -0.05) is 0 Å². The van der Waals surface area contributed by atoms with Crippen LogP contribution in [0.1, 0.15) is 17.4 Å². The third-order valence-electron chi connectivity index (χ3n) is 1.07. The van der Waals surface area contributed by atoms with Crippen LogP contribution in [0.3, 0.4) is 0 Å². The Kier molecular flexibility index (Phi) is 2.54. The second kappa shape index (κ2) is 3.65. The van der Waals surface area contributed by atoms with Crippen molar-refractivity contribution in [3.05, 3.63) is 24.3 Å². The normalized spacial score (nSPS) is 9.18. The standard InChI is InChI=1S/C7H8N2O2/c1-2-11-7(10)6-3-4-8-5-9-6/h3-5H,2H2,1H3. The third kappa shape index (κ3) is 2.00. The van der Waals surface area contributed by atoms with Crippen LogP contribution in [0.25, 0.3) is 0 Å². The Morgan fingerprint density at radius 3 is 3.09 bits per heavy atom. The smallest absolute Gasteiger partial charge is 0.357 e. The quantitative estimate of drug-likeness (QED) is 0.584. The van der Waals surface area contributed by atoms with Crippen LogP contribution in [0.5, 0.6) is 0 Å². The molecule has 1 aromatic heterocycles. The molecule has 0 fully saturated rings. The zero-order chi connectivity index (χ0) is 8.10. The number of rotatable bonds is 2. The van der Waals surface area contributed by atoms with Crippen molar-refractivity contribution in [1.82, 2.24) is 9.97 Å². The van der Waals surface area contributed by atoms with Gasteiger partial charge in [-0.3, -0.25) is 0 Å². The van der Waals surface area contributed by atoms with Crippen LogP contribution in [-0.2, 0) is 4.74 Å². The molecule has 0 aromatic carbocycles. The monoisotopic (exact) mass is 152 g/mol. The molecule has 0 atom stereocenters. The van der Waals surface area contributed by atoms with Crippen LogP contribution in [0.15, 0.2) is 18.6 Å². The third-order valence-corrected chi connectivity index (χ3v) is 1.07. The first-order valence-electron chi connectivity index (χ1n) is 3.27. The maximum atomic E-state index is 10.9. The highest BCUT2D eigenvalue weighted by Crippen LogP contribution is 1.93. The first-order chi connectivity index (χ1) is 5.34. The van der Waals surface area contributed by atoms with E-state index in [-0.39, 0.29) is 0 Å². The molecule has 4 heteroatoms. The van der Waals surface area contributed by atoms with Gasteiger partial charge in [-0.2, -0.15) is 0 Å². The van der Waals surface area contributed by atoms with Crippen molar-refractivity contribution in [1.29, 1.82) is 0 Å². The fraction of sp³-hybridized carbons (Fsp3) is 0.286. The Balaban J connectivity index is 2.69. The van der Waals surface area contributed by atoms with Crippen molar-refractivity contribution in [2.45, 2.75) is 6.92 Å². The van der Waals surface area contributed by atoms with E-state index in [9.17, 15) is 4.79 Å². The second-order valence-corrected chi connectivity index (χ2v) is 1.82. The molecule has 1 heterocycles. The summed E-state index contributed by atoms with van der Waals surface area (Å²) in [7, 11) is 0. The van der Waals surface area contributed by atoms with E-state index < -0.39 is 5.97 Å². The Morgan fingerprint density at radius 2 is 2.55 bits per heavy atom. The summed E-state index contributed by atoms with van der Waals surface area (Å²) >= 11 is 0. The molecule has 0 N–H and O–H groups in total. The Morgan fingerprint density at radius 1 is 1.73 bits per heavy atom. The van der Waals surface area contributed by atoms with Gasteiger partial charge >= 0.3 is 5.97 Å². The molecule has 0 saturated heterocycles.